The SMILES string of the molecule is CCC(N)Cc1ccc(-n2ccc(C(=O)NC)n2)nc1. The van der Waals surface area contributed by atoms with Gasteiger partial charge in [0.05, 0.1) is 0 Å². The first-order valence-electron chi connectivity index (χ1n) is 6.62. The van der Waals surface area contributed by atoms with Crippen molar-refractivity contribution in [2.24, 2.45) is 5.73 Å². The Labute approximate surface area is 118 Å². The van der Waals surface area contributed by atoms with Gasteiger partial charge in [0.15, 0.2) is 11.5 Å². The van der Waals surface area contributed by atoms with E-state index in [-0.39, 0.29) is 11.9 Å². The van der Waals surface area contributed by atoms with Gasteiger partial charge in [0, 0.05) is 25.5 Å². The minimum Gasteiger partial charge on any atom is -0.354 e. The van der Waals surface area contributed by atoms with Gasteiger partial charge in [-0.1, -0.05) is 13.0 Å². The number of nitrogens with two attached hydrogens (primary N) is 1. The van der Waals surface area contributed by atoms with Crippen LogP contribution in [0, 0.1) is 0 Å². The van der Waals surface area contributed by atoms with Gasteiger partial charge in [-0.3, -0.25) is 4.79 Å². The van der Waals surface area contributed by atoms with Crippen molar-refractivity contribution in [1.29, 1.82) is 0 Å². The number of hydrogen-bond acceptors (Lipinski definition) is 4. The quantitative estimate of drug-likeness (QED) is 0.847. The standard InChI is InChI=1S/C14H19N5O/c1-3-11(15)8-10-4-5-13(17-9-10)19-7-6-12(18-19)14(20)16-2/h4-7,9,11H,3,8,15H2,1-2H3,(H,16,20). The predicted molar refractivity (Wildman–Crippen MR) is 76.7 cm³/mol. The predicted octanol–water partition coefficient (Wildman–Crippen LogP) is 0.907. The van der Waals surface area contributed by atoms with E-state index in [0.717, 1.165) is 18.4 Å². The van der Waals surface area contributed by atoms with Crippen molar-refractivity contribution in [2.75, 3.05) is 7.05 Å². The number of carbonyl (C=O) groups is 1. The lowest BCUT2D eigenvalue weighted by molar-refractivity contribution is 0.0957. The summed E-state index contributed by atoms with van der Waals surface area (Å²) in [5.74, 6) is 0.461. The van der Waals surface area contributed by atoms with E-state index in [9.17, 15) is 4.79 Å². The molecule has 0 aliphatic heterocycles. The van der Waals surface area contributed by atoms with Crippen LogP contribution in [-0.2, 0) is 6.42 Å². The highest BCUT2D eigenvalue weighted by Gasteiger charge is 2.09. The van der Waals surface area contributed by atoms with E-state index in [1.54, 1.807) is 30.2 Å². The molecule has 6 nitrogen and oxygen atoms in total. The zero-order chi connectivity index (χ0) is 14.5. The fourth-order valence-electron chi connectivity index (χ4n) is 1.82. The molecule has 0 radical (unpaired) electrons. The topological polar surface area (TPSA) is 85.8 Å². The van der Waals surface area contributed by atoms with Crippen LogP contribution in [0.2, 0.25) is 0 Å². The van der Waals surface area contributed by atoms with Crippen molar-refractivity contribution >= 4 is 5.91 Å². The third-order valence-electron chi connectivity index (χ3n) is 3.11. The van der Waals surface area contributed by atoms with Gasteiger partial charge in [-0.25, -0.2) is 9.67 Å². The molecule has 0 fully saturated rings. The minimum atomic E-state index is -0.214. The highest BCUT2D eigenvalue weighted by molar-refractivity contribution is 5.91. The molecule has 2 aromatic heterocycles. The van der Waals surface area contributed by atoms with Gasteiger partial charge in [-0.05, 0) is 30.5 Å². The molecular weight excluding hydrogens is 254 g/mol. The Balaban J connectivity index is 2.13. The molecule has 1 atom stereocenters. The van der Waals surface area contributed by atoms with Gasteiger partial charge in [-0.2, -0.15) is 5.10 Å². The van der Waals surface area contributed by atoms with Gasteiger partial charge in [0.2, 0.25) is 0 Å². The molecule has 0 saturated heterocycles. The van der Waals surface area contributed by atoms with Gasteiger partial charge in [0.25, 0.3) is 5.91 Å². The van der Waals surface area contributed by atoms with Crippen LogP contribution in [0.4, 0.5) is 0 Å². The Kier molecular flexibility index (Phi) is 4.47. The Hall–Kier alpha value is -2.21. The first-order chi connectivity index (χ1) is 9.63. The Morgan fingerprint density at radius 3 is 2.85 bits per heavy atom. The normalized spacial score (nSPS) is 12.2. The number of hydrogen-bond donors (Lipinski definition) is 2. The summed E-state index contributed by atoms with van der Waals surface area (Å²) >= 11 is 0. The second-order valence-corrected chi connectivity index (χ2v) is 4.62. The van der Waals surface area contributed by atoms with Crippen LogP contribution in [0.1, 0.15) is 29.4 Å². The smallest absolute Gasteiger partial charge is 0.271 e. The van der Waals surface area contributed by atoms with Crippen molar-refractivity contribution < 1.29 is 4.79 Å². The number of aromatic nitrogens is 3. The molecule has 106 valence electrons. The number of rotatable bonds is 5. The maximum atomic E-state index is 11.4. The van der Waals surface area contributed by atoms with E-state index < -0.39 is 0 Å². The Bertz CT molecular complexity index is 576. The molecule has 6 heteroatoms. The van der Waals surface area contributed by atoms with E-state index in [1.807, 2.05) is 12.1 Å². The molecule has 0 aromatic carbocycles. The summed E-state index contributed by atoms with van der Waals surface area (Å²) < 4.78 is 1.58. The second kappa shape index (κ2) is 6.29. The molecular formula is C14H19N5O. The lowest BCUT2D eigenvalue weighted by Crippen LogP contribution is -2.21. The molecule has 0 bridgehead atoms. The van der Waals surface area contributed by atoms with Crippen molar-refractivity contribution in [3.63, 3.8) is 0 Å². The number of nitrogens with zero attached hydrogens (tertiary/aromatic N) is 3. The van der Waals surface area contributed by atoms with Crippen LogP contribution in [0.25, 0.3) is 5.82 Å². The molecule has 20 heavy (non-hydrogen) atoms. The molecule has 1 amide bonds. The average molecular weight is 273 g/mol. The molecule has 0 saturated carbocycles. The highest BCUT2D eigenvalue weighted by Crippen LogP contribution is 2.08. The Morgan fingerprint density at radius 1 is 1.45 bits per heavy atom. The summed E-state index contributed by atoms with van der Waals surface area (Å²) in [5, 5.41) is 6.71. The number of pyridine rings is 1. The third-order valence-corrected chi connectivity index (χ3v) is 3.11. The lowest BCUT2D eigenvalue weighted by atomic mass is 10.1. The van der Waals surface area contributed by atoms with Crippen LogP contribution in [0.3, 0.4) is 0 Å². The molecule has 3 N–H and O–H groups in total. The van der Waals surface area contributed by atoms with E-state index in [4.69, 9.17) is 5.73 Å². The monoisotopic (exact) mass is 273 g/mol. The first-order valence-corrected chi connectivity index (χ1v) is 6.62. The fraction of sp³-hybridized carbons (Fsp3) is 0.357. The maximum absolute atomic E-state index is 11.4. The number of amides is 1. The van der Waals surface area contributed by atoms with E-state index in [1.165, 1.54) is 0 Å². The van der Waals surface area contributed by atoms with Crippen LogP contribution in [0.5, 0.6) is 0 Å². The van der Waals surface area contributed by atoms with Gasteiger partial charge in [0.1, 0.15) is 0 Å². The molecule has 2 heterocycles. The molecule has 0 spiro atoms. The summed E-state index contributed by atoms with van der Waals surface area (Å²) in [5.41, 5.74) is 7.38. The van der Waals surface area contributed by atoms with Crippen LogP contribution in [-0.4, -0.2) is 33.8 Å². The Morgan fingerprint density at radius 2 is 2.25 bits per heavy atom. The van der Waals surface area contributed by atoms with Crippen molar-refractivity contribution in [1.82, 2.24) is 20.1 Å². The van der Waals surface area contributed by atoms with Crippen LogP contribution in [0.15, 0.2) is 30.6 Å². The third kappa shape index (κ3) is 3.21. The number of carbonyl (C=O) groups excluding carboxylic acids is 1. The minimum absolute atomic E-state index is 0.159. The highest BCUT2D eigenvalue weighted by atomic mass is 16.1. The first kappa shape index (κ1) is 14.2. The summed E-state index contributed by atoms with van der Waals surface area (Å²) in [6, 6.07) is 5.67. The van der Waals surface area contributed by atoms with E-state index in [2.05, 4.69) is 22.3 Å². The van der Waals surface area contributed by atoms with Crippen molar-refractivity contribution in [2.45, 2.75) is 25.8 Å². The fourth-order valence-corrected chi connectivity index (χ4v) is 1.82. The largest absolute Gasteiger partial charge is 0.354 e. The van der Waals surface area contributed by atoms with Gasteiger partial charge in [-0.15, -0.1) is 0 Å². The molecule has 0 aliphatic carbocycles. The van der Waals surface area contributed by atoms with Crippen molar-refractivity contribution in [3.8, 4) is 5.82 Å². The maximum Gasteiger partial charge on any atom is 0.271 e. The molecule has 2 aromatic rings. The summed E-state index contributed by atoms with van der Waals surface area (Å²) in [6.07, 6.45) is 5.26. The molecule has 1 unspecified atom stereocenters. The van der Waals surface area contributed by atoms with Crippen LogP contribution >= 0.6 is 0 Å². The van der Waals surface area contributed by atoms with Gasteiger partial charge >= 0.3 is 0 Å². The van der Waals surface area contributed by atoms with Crippen LogP contribution < -0.4 is 11.1 Å². The lowest BCUT2D eigenvalue weighted by Gasteiger charge is -2.08. The second-order valence-electron chi connectivity index (χ2n) is 4.62. The van der Waals surface area contributed by atoms with E-state index >= 15 is 0 Å². The van der Waals surface area contributed by atoms with Crippen molar-refractivity contribution in [3.05, 3.63) is 41.9 Å². The summed E-state index contributed by atoms with van der Waals surface area (Å²) in [7, 11) is 1.57. The number of nitrogens with one attached hydrogen (secondary N) is 1. The van der Waals surface area contributed by atoms with Gasteiger partial charge < -0.3 is 11.1 Å². The zero-order valence-electron chi connectivity index (χ0n) is 11.7. The summed E-state index contributed by atoms with van der Waals surface area (Å²) in [6.45, 7) is 2.07. The summed E-state index contributed by atoms with van der Waals surface area (Å²) in [4.78, 5) is 15.8. The molecule has 0 aliphatic rings. The molecule has 2 rings (SSSR count). The van der Waals surface area contributed by atoms with E-state index in [0.29, 0.717) is 11.5 Å². The average Bonchev–Trinajstić information content (AvgIpc) is 2.97. The zero-order valence-corrected chi connectivity index (χ0v) is 11.7.